The Labute approximate surface area is 286 Å². The topological polar surface area (TPSA) is 142 Å². The van der Waals surface area contributed by atoms with E-state index in [9.17, 15) is 18.0 Å². The number of tetrazole rings is 1. The SMILES string of the molecule is CCCCCCCCCCCCS(=O)(=O)Nc1cccc(C(=O)C(OC(=O)c2ccc(OC)cc2)Sc2nnnn2-c2ccccc2)c1. The van der Waals surface area contributed by atoms with E-state index in [4.69, 9.17) is 9.47 Å². The second-order valence-corrected chi connectivity index (χ2v) is 14.2. The average molecular weight is 694 g/mol. The van der Waals surface area contributed by atoms with Gasteiger partial charge in [0, 0.05) is 11.3 Å². The lowest BCUT2D eigenvalue weighted by Gasteiger charge is -2.17. The molecular formula is C35H43N5O6S2. The van der Waals surface area contributed by atoms with Gasteiger partial charge in [0.1, 0.15) is 5.75 Å². The highest BCUT2D eigenvalue weighted by Crippen LogP contribution is 2.29. The maximum Gasteiger partial charge on any atom is 0.339 e. The number of Topliss-reactive ketones (excluding diaryl/α,β-unsaturated/α-hetero) is 1. The number of methoxy groups -OCH3 is 1. The summed E-state index contributed by atoms with van der Waals surface area (Å²) in [5.41, 5.74) is -0.145. The van der Waals surface area contributed by atoms with Crippen LogP contribution in [0.25, 0.3) is 5.69 Å². The summed E-state index contributed by atoms with van der Waals surface area (Å²) in [6, 6.07) is 21.5. The van der Waals surface area contributed by atoms with Gasteiger partial charge in [-0.1, -0.05) is 95.0 Å². The number of aromatic nitrogens is 4. The molecule has 0 radical (unpaired) electrons. The van der Waals surface area contributed by atoms with Gasteiger partial charge < -0.3 is 9.47 Å². The van der Waals surface area contributed by atoms with E-state index in [1.165, 1.54) is 74.6 Å². The zero-order valence-corrected chi connectivity index (χ0v) is 29.0. The van der Waals surface area contributed by atoms with Crippen LogP contribution in [0, 0.1) is 0 Å². The third-order valence-corrected chi connectivity index (χ3v) is 9.96. The number of benzene rings is 3. The van der Waals surface area contributed by atoms with Crippen molar-refractivity contribution in [1.82, 2.24) is 20.2 Å². The van der Waals surface area contributed by atoms with Gasteiger partial charge >= 0.3 is 5.97 Å². The van der Waals surface area contributed by atoms with Crippen molar-refractivity contribution in [1.29, 1.82) is 0 Å². The second-order valence-electron chi connectivity index (χ2n) is 11.3. The predicted molar refractivity (Wildman–Crippen MR) is 187 cm³/mol. The van der Waals surface area contributed by atoms with Crippen LogP contribution in [0.15, 0.2) is 84.0 Å². The first-order valence-corrected chi connectivity index (χ1v) is 18.8. The Balaban J connectivity index is 1.43. The molecule has 4 aromatic rings. The summed E-state index contributed by atoms with van der Waals surface area (Å²) in [6.45, 7) is 2.21. The van der Waals surface area contributed by atoms with Crippen molar-refractivity contribution in [2.75, 3.05) is 17.6 Å². The number of sulfonamides is 1. The van der Waals surface area contributed by atoms with Gasteiger partial charge in [-0.2, -0.15) is 4.68 Å². The molecule has 0 aliphatic carbocycles. The van der Waals surface area contributed by atoms with E-state index in [0.29, 0.717) is 17.9 Å². The molecule has 1 aromatic heterocycles. The number of ether oxygens (including phenoxy) is 2. The van der Waals surface area contributed by atoms with Crippen LogP contribution in [-0.2, 0) is 14.8 Å². The molecule has 0 saturated heterocycles. The van der Waals surface area contributed by atoms with Crippen molar-refractivity contribution in [2.24, 2.45) is 0 Å². The second kappa shape index (κ2) is 18.9. The highest BCUT2D eigenvalue weighted by Gasteiger charge is 2.29. The van der Waals surface area contributed by atoms with Gasteiger partial charge in [0.25, 0.3) is 0 Å². The van der Waals surface area contributed by atoms with E-state index in [1.807, 2.05) is 18.2 Å². The molecule has 0 spiro atoms. The van der Waals surface area contributed by atoms with Crippen LogP contribution in [0.4, 0.5) is 5.69 Å². The van der Waals surface area contributed by atoms with E-state index in [0.717, 1.165) is 31.0 Å². The minimum atomic E-state index is -3.64. The number of para-hydroxylation sites is 1. The summed E-state index contributed by atoms with van der Waals surface area (Å²) in [5, 5.41) is 12.1. The Morgan fingerprint density at radius 1 is 0.833 bits per heavy atom. The van der Waals surface area contributed by atoms with Gasteiger partial charge in [0.2, 0.25) is 26.4 Å². The van der Waals surface area contributed by atoms with Crippen LogP contribution < -0.4 is 9.46 Å². The number of carbonyl (C=O) groups excluding carboxylic acids is 2. The normalized spacial score (nSPS) is 12.0. The number of hydrogen-bond donors (Lipinski definition) is 1. The number of nitrogens with zero attached hydrogens (tertiary/aromatic N) is 4. The fourth-order valence-electron chi connectivity index (χ4n) is 4.98. The van der Waals surface area contributed by atoms with E-state index < -0.39 is 27.2 Å². The summed E-state index contributed by atoms with van der Waals surface area (Å²) in [6.07, 6.45) is 11.0. The monoisotopic (exact) mass is 693 g/mol. The van der Waals surface area contributed by atoms with Crippen molar-refractivity contribution >= 4 is 39.2 Å². The van der Waals surface area contributed by atoms with Crippen molar-refractivity contribution in [2.45, 2.75) is 81.7 Å². The molecule has 48 heavy (non-hydrogen) atoms. The van der Waals surface area contributed by atoms with Crippen LogP contribution in [0.3, 0.4) is 0 Å². The summed E-state index contributed by atoms with van der Waals surface area (Å²) in [5.74, 6) is -0.763. The molecule has 1 heterocycles. The number of carbonyl (C=O) groups is 2. The number of anilines is 1. The number of hydrogen-bond acceptors (Lipinski definition) is 10. The smallest absolute Gasteiger partial charge is 0.339 e. The van der Waals surface area contributed by atoms with Gasteiger partial charge in [0.15, 0.2) is 0 Å². The number of nitrogens with one attached hydrogen (secondary N) is 1. The Morgan fingerprint density at radius 2 is 1.50 bits per heavy atom. The maximum atomic E-state index is 13.9. The van der Waals surface area contributed by atoms with Gasteiger partial charge in [0.05, 0.1) is 24.1 Å². The summed E-state index contributed by atoms with van der Waals surface area (Å²) in [7, 11) is -2.12. The van der Waals surface area contributed by atoms with Crippen LogP contribution in [0.2, 0.25) is 0 Å². The molecule has 3 aromatic carbocycles. The van der Waals surface area contributed by atoms with Gasteiger partial charge in [-0.15, -0.1) is 5.10 Å². The first-order valence-electron chi connectivity index (χ1n) is 16.3. The van der Waals surface area contributed by atoms with Gasteiger partial charge in [-0.3, -0.25) is 9.52 Å². The molecule has 4 rings (SSSR count). The van der Waals surface area contributed by atoms with Crippen molar-refractivity contribution in [3.05, 3.63) is 90.0 Å². The first kappa shape index (κ1) is 36.6. The molecular weight excluding hydrogens is 651 g/mol. The third kappa shape index (κ3) is 11.5. The van der Waals surface area contributed by atoms with Crippen LogP contribution in [-0.4, -0.2) is 58.7 Å². The van der Waals surface area contributed by atoms with Gasteiger partial charge in [-0.25, -0.2) is 13.2 Å². The largest absolute Gasteiger partial charge is 0.497 e. The molecule has 256 valence electrons. The minimum absolute atomic E-state index is 0.0121. The summed E-state index contributed by atoms with van der Waals surface area (Å²) in [4.78, 5) is 27.1. The molecule has 1 atom stereocenters. The molecule has 0 bridgehead atoms. The molecule has 0 aliphatic heterocycles. The zero-order chi connectivity index (χ0) is 34.2. The van der Waals surface area contributed by atoms with E-state index in [1.54, 1.807) is 36.4 Å². The number of ketones is 1. The molecule has 11 nitrogen and oxygen atoms in total. The van der Waals surface area contributed by atoms with E-state index in [-0.39, 0.29) is 27.7 Å². The number of unbranched alkanes of at least 4 members (excludes halogenated alkanes) is 9. The number of esters is 1. The van der Waals surface area contributed by atoms with Crippen molar-refractivity contribution in [3.8, 4) is 11.4 Å². The average Bonchev–Trinajstić information content (AvgIpc) is 3.57. The number of thioether (sulfide) groups is 1. The number of rotatable bonds is 21. The standard InChI is InChI=1S/C35H43N5O6S2/c1-3-4-5-6-7-8-9-10-11-15-25-48(43,44)37-29-18-16-17-28(26-29)32(41)34(46-33(42)27-21-23-31(45-2)24-22-27)47-35-36-38-39-40(35)30-19-13-12-14-20-30/h12-14,16-24,26,34,37H,3-11,15,25H2,1-2H3. The predicted octanol–water partition coefficient (Wildman–Crippen LogP) is 7.49. The maximum absolute atomic E-state index is 13.9. The summed E-state index contributed by atoms with van der Waals surface area (Å²) < 4.78 is 40.7. The quantitative estimate of drug-likeness (QED) is 0.0307. The fraction of sp³-hybridized carbons (Fsp3) is 0.400. The summed E-state index contributed by atoms with van der Waals surface area (Å²) >= 11 is 0.864. The molecule has 1 unspecified atom stereocenters. The van der Waals surface area contributed by atoms with Crippen molar-refractivity contribution < 1.29 is 27.5 Å². The third-order valence-electron chi connectivity index (χ3n) is 7.60. The Kier molecular flexibility index (Phi) is 14.4. The van der Waals surface area contributed by atoms with Crippen molar-refractivity contribution in [3.63, 3.8) is 0 Å². The van der Waals surface area contributed by atoms with Crippen LogP contribution in [0.1, 0.15) is 91.8 Å². The van der Waals surface area contributed by atoms with E-state index >= 15 is 0 Å². The highest BCUT2D eigenvalue weighted by molar-refractivity contribution is 8.00. The Bertz CT molecular complexity index is 1700. The first-order chi connectivity index (χ1) is 23.3. The van der Waals surface area contributed by atoms with E-state index in [2.05, 4.69) is 27.2 Å². The molecule has 0 fully saturated rings. The van der Waals surface area contributed by atoms with Crippen LogP contribution in [0.5, 0.6) is 5.75 Å². The molecule has 13 heteroatoms. The Hall–Kier alpha value is -4.23. The lowest BCUT2D eigenvalue weighted by molar-refractivity contribution is 0.0425. The molecule has 0 aliphatic rings. The van der Waals surface area contributed by atoms with Gasteiger partial charge in [-0.05, 0) is 77.1 Å². The molecule has 0 saturated carbocycles. The lowest BCUT2D eigenvalue weighted by atomic mass is 10.1. The van der Waals surface area contributed by atoms with Crippen LogP contribution >= 0.6 is 11.8 Å². The molecule has 0 amide bonds. The zero-order valence-electron chi connectivity index (χ0n) is 27.4. The highest BCUT2D eigenvalue weighted by atomic mass is 32.2. The lowest BCUT2D eigenvalue weighted by Crippen LogP contribution is -2.25. The molecule has 1 N–H and O–H groups in total. The Morgan fingerprint density at radius 3 is 2.17 bits per heavy atom. The fourth-order valence-corrected chi connectivity index (χ4v) is 7.05. The minimum Gasteiger partial charge on any atom is -0.497 e.